The van der Waals surface area contributed by atoms with Crippen LogP contribution in [-0.2, 0) is 19.1 Å². The van der Waals surface area contributed by atoms with Gasteiger partial charge in [-0.1, -0.05) is 118 Å². The standard InChI is InChI=1S/C31H60O4/c1-6-10-20-28(8-3)25-34-30(32)22-18-16-14-12-13-15-17-19-27(5)23-24-31(33)35-26-29(9-4)21-11-7-2/h27-29H,6-26H2,1-5H3. The number of rotatable bonds is 25. The van der Waals surface area contributed by atoms with E-state index in [0.29, 0.717) is 43.8 Å². The molecule has 0 rings (SSSR count). The van der Waals surface area contributed by atoms with Gasteiger partial charge in [0.25, 0.3) is 0 Å². The first-order valence-corrected chi connectivity index (χ1v) is 15.3. The summed E-state index contributed by atoms with van der Waals surface area (Å²) in [7, 11) is 0. The van der Waals surface area contributed by atoms with Gasteiger partial charge in [-0.15, -0.1) is 0 Å². The Bertz CT molecular complexity index is 490. The highest BCUT2D eigenvalue weighted by Gasteiger charge is 2.12. The maximum atomic E-state index is 12.1. The quantitative estimate of drug-likeness (QED) is 0.0932. The van der Waals surface area contributed by atoms with Gasteiger partial charge >= 0.3 is 11.9 Å². The van der Waals surface area contributed by atoms with Gasteiger partial charge < -0.3 is 9.47 Å². The van der Waals surface area contributed by atoms with E-state index in [1.165, 1.54) is 77.0 Å². The smallest absolute Gasteiger partial charge is 0.305 e. The van der Waals surface area contributed by atoms with Gasteiger partial charge in [-0.25, -0.2) is 0 Å². The first-order chi connectivity index (χ1) is 17.0. The van der Waals surface area contributed by atoms with Crippen LogP contribution in [-0.4, -0.2) is 25.2 Å². The Morgan fingerprint density at radius 2 is 1.00 bits per heavy atom. The predicted octanol–water partition coefficient (Wildman–Crippen LogP) is 9.43. The third-order valence-electron chi connectivity index (χ3n) is 7.47. The van der Waals surface area contributed by atoms with Crippen molar-refractivity contribution >= 4 is 11.9 Å². The summed E-state index contributed by atoms with van der Waals surface area (Å²) in [4.78, 5) is 24.0. The van der Waals surface area contributed by atoms with Gasteiger partial charge in [0, 0.05) is 12.8 Å². The molecule has 0 bridgehead atoms. The third-order valence-corrected chi connectivity index (χ3v) is 7.47. The molecule has 0 aromatic rings. The second-order valence-electron chi connectivity index (χ2n) is 10.9. The molecule has 0 saturated heterocycles. The van der Waals surface area contributed by atoms with Crippen molar-refractivity contribution in [2.75, 3.05) is 13.2 Å². The zero-order chi connectivity index (χ0) is 26.2. The molecule has 0 aliphatic heterocycles. The highest BCUT2D eigenvalue weighted by atomic mass is 16.5. The van der Waals surface area contributed by atoms with E-state index in [-0.39, 0.29) is 11.9 Å². The van der Waals surface area contributed by atoms with Crippen molar-refractivity contribution in [2.45, 2.75) is 157 Å². The van der Waals surface area contributed by atoms with Gasteiger partial charge in [-0.3, -0.25) is 9.59 Å². The maximum absolute atomic E-state index is 12.1. The lowest BCUT2D eigenvalue weighted by atomic mass is 9.97. The molecule has 0 aromatic carbocycles. The SMILES string of the molecule is CCCCC(CC)COC(=O)CCCCCCCCCC(C)CCC(=O)OCC(CC)CCCC. The zero-order valence-corrected chi connectivity index (χ0v) is 24.2. The van der Waals surface area contributed by atoms with Crippen LogP contribution in [0.5, 0.6) is 0 Å². The second-order valence-corrected chi connectivity index (χ2v) is 10.9. The molecule has 0 spiro atoms. The molecular weight excluding hydrogens is 436 g/mol. The van der Waals surface area contributed by atoms with Crippen LogP contribution in [0.3, 0.4) is 0 Å². The fourth-order valence-corrected chi connectivity index (χ4v) is 4.52. The normalized spacial score (nSPS) is 13.9. The summed E-state index contributed by atoms with van der Waals surface area (Å²) < 4.78 is 11.0. The molecule has 35 heavy (non-hydrogen) atoms. The van der Waals surface area contributed by atoms with Crippen LogP contribution in [0.15, 0.2) is 0 Å². The minimum atomic E-state index is -0.0163. The third kappa shape index (κ3) is 21.9. The van der Waals surface area contributed by atoms with E-state index in [1.54, 1.807) is 0 Å². The molecule has 0 heterocycles. The van der Waals surface area contributed by atoms with Crippen molar-refractivity contribution < 1.29 is 19.1 Å². The molecule has 0 aromatic heterocycles. The Kier molecular flexibility index (Phi) is 23.9. The van der Waals surface area contributed by atoms with E-state index >= 15 is 0 Å². The van der Waals surface area contributed by atoms with Crippen LogP contribution in [0.2, 0.25) is 0 Å². The number of carbonyl (C=O) groups is 2. The van der Waals surface area contributed by atoms with E-state index in [2.05, 4.69) is 34.6 Å². The van der Waals surface area contributed by atoms with Crippen molar-refractivity contribution in [3.8, 4) is 0 Å². The molecule has 208 valence electrons. The lowest BCUT2D eigenvalue weighted by molar-refractivity contribution is -0.146. The number of carbonyl (C=O) groups excluding carboxylic acids is 2. The largest absolute Gasteiger partial charge is 0.465 e. The van der Waals surface area contributed by atoms with E-state index in [0.717, 1.165) is 32.1 Å². The van der Waals surface area contributed by atoms with E-state index < -0.39 is 0 Å². The minimum absolute atomic E-state index is 0.0144. The lowest BCUT2D eigenvalue weighted by Crippen LogP contribution is -2.14. The molecule has 0 aliphatic carbocycles. The van der Waals surface area contributed by atoms with Crippen LogP contribution < -0.4 is 0 Å². The zero-order valence-electron chi connectivity index (χ0n) is 24.2. The summed E-state index contributed by atoms with van der Waals surface area (Å²) in [6.45, 7) is 12.2. The highest BCUT2D eigenvalue weighted by molar-refractivity contribution is 5.69. The van der Waals surface area contributed by atoms with Crippen molar-refractivity contribution in [3.63, 3.8) is 0 Å². The Labute approximate surface area is 218 Å². The number of hydrogen-bond donors (Lipinski definition) is 0. The molecule has 3 unspecified atom stereocenters. The molecule has 0 saturated carbocycles. The lowest BCUT2D eigenvalue weighted by Gasteiger charge is -2.15. The molecular formula is C31H60O4. The van der Waals surface area contributed by atoms with Gasteiger partial charge in [0.2, 0.25) is 0 Å². The Balaban J connectivity index is 3.58. The molecule has 4 heteroatoms. The van der Waals surface area contributed by atoms with Crippen LogP contribution in [0.4, 0.5) is 0 Å². The topological polar surface area (TPSA) is 52.6 Å². The molecule has 0 aliphatic rings. The van der Waals surface area contributed by atoms with Crippen LogP contribution in [0, 0.1) is 17.8 Å². The first kappa shape index (κ1) is 33.9. The summed E-state index contributed by atoms with van der Waals surface area (Å²) >= 11 is 0. The summed E-state index contributed by atoms with van der Waals surface area (Å²) in [5, 5.41) is 0. The molecule has 0 radical (unpaired) electrons. The summed E-state index contributed by atoms with van der Waals surface area (Å²) in [5.74, 6) is 1.62. The Morgan fingerprint density at radius 3 is 1.49 bits per heavy atom. The van der Waals surface area contributed by atoms with Crippen LogP contribution >= 0.6 is 0 Å². The van der Waals surface area contributed by atoms with Crippen molar-refractivity contribution in [1.82, 2.24) is 0 Å². The first-order valence-electron chi connectivity index (χ1n) is 15.3. The predicted molar refractivity (Wildman–Crippen MR) is 148 cm³/mol. The molecule has 4 nitrogen and oxygen atoms in total. The van der Waals surface area contributed by atoms with Crippen molar-refractivity contribution in [3.05, 3.63) is 0 Å². The summed E-state index contributed by atoms with van der Waals surface area (Å²) in [6.07, 6.45) is 21.0. The van der Waals surface area contributed by atoms with Crippen molar-refractivity contribution in [1.29, 1.82) is 0 Å². The van der Waals surface area contributed by atoms with E-state index in [1.807, 2.05) is 0 Å². The minimum Gasteiger partial charge on any atom is -0.465 e. The fourth-order valence-electron chi connectivity index (χ4n) is 4.52. The molecule has 0 amide bonds. The maximum Gasteiger partial charge on any atom is 0.305 e. The van der Waals surface area contributed by atoms with Gasteiger partial charge in [-0.05, 0) is 43.4 Å². The van der Waals surface area contributed by atoms with E-state index in [9.17, 15) is 9.59 Å². The number of ether oxygens (including phenoxy) is 2. The Hall–Kier alpha value is -1.06. The van der Waals surface area contributed by atoms with Crippen LogP contribution in [0.25, 0.3) is 0 Å². The highest BCUT2D eigenvalue weighted by Crippen LogP contribution is 2.18. The number of unbranched alkanes of at least 4 members (excludes halogenated alkanes) is 8. The van der Waals surface area contributed by atoms with Gasteiger partial charge in [0.05, 0.1) is 13.2 Å². The monoisotopic (exact) mass is 496 g/mol. The number of esters is 2. The second kappa shape index (κ2) is 24.6. The number of hydrogen-bond acceptors (Lipinski definition) is 4. The average molecular weight is 497 g/mol. The van der Waals surface area contributed by atoms with Gasteiger partial charge in [0.15, 0.2) is 0 Å². The summed E-state index contributed by atoms with van der Waals surface area (Å²) in [6, 6.07) is 0. The fraction of sp³-hybridized carbons (Fsp3) is 0.935. The van der Waals surface area contributed by atoms with E-state index in [4.69, 9.17) is 9.47 Å². The van der Waals surface area contributed by atoms with Crippen LogP contribution in [0.1, 0.15) is 157 Å². The molecule has 0 N–H and O–H groups in total. The molecule has 0 fully saturated rings. The summed E-state index contributed by atoms with van der Waals surface area (Å²) in [5.41, 5.74) is 0. The van der Waals surface area contributed by atoms with Crippen molar-refractivity contribution in [2.24, 2.45) is 17.8 Å². The van der Waals surface area contributed by atoms with Gasteiger partial charge in [-0.2, -0.15) is 0 Å². The Morgan fingerprint density at radius 1 is 0.543 bits per heavy atom. The molecule has 3 atom stereocenters. The average Bonchev–Trinajstić information content (AvgIpc) is 2.86. The van der Waals surface area contributed by atoms with Gasteiger partial charge in [0.1, 0.15) is 0 Å².